The van der Waals surface area contributed by atoms with Gasteiger partial charge in [-0.2, -0.15) is 0 Å². The molecule has 1 aromatic rings. The minimum absolute atomic E-state index is 0.0718. The number of aliphatic hydroxyl groups is 2. The van der Waals surface area contributed by atoms with E-state index in [9.17, 15) is 0 Å². The molecule has 0 unspecified atom stereocenters. The van der Waals surface area contributed by atoms with Crippen LogP contribution in [0, 0.1) is 6.92 Å². The zero-order valence-electron chi connectivity index (χ0n) is 5.79. The zero-order valence-corrected chi connectivity index (χ0v) is 6.61. The van der Waals surface area contributed by atoms with Crippen LogP contribution in [0.2, 0.25) is 0 Å². The molecule has 0 fully saturated rings. The van der Waals surface area contributed by atoms with Gasteiger partial charge in [-0.1, -0.05) is 0 Å². The standard InChI is InChI=1S/C7H10O2S/c1-5-6(3-8)2-7(4-9)10-5/h2,8-9H,3-4H2,1H3. The average molecular weight is 158 g/mol. The van der Waals surface area contributed by atoms with Crippen molar-refractivity contribution in [2.75, 3.05) is 0 Å². The van der Waals surface area contributed by atoms with E-state index >= 15 is 0 Å². The molecule has 1 rings (SSSR count). The molecule has 0 bridgehead atoms. The van der Waals surface area contributed by atoms with Gasteiger partial charge in [0.05, 0.1) is 13.2 Å². The Hall–Kier alpha value is -0.380. The minimum atomic E-state index is 0.0718. The Bertz CT molecular complexity index is 217. The van der Waals surface area contributed by atoms with Gasteiger partial charge in [-0.25, -0.2) is 0 Å². The van der Waals surface area contributed by atoms with Crippen molar-refractivity contribution in [1.82, 2.24) is 0 Å². The SMILES string of the molecule is Cc1sc(CO)cc1CO. The van der Waals surface area contributed by atoms with Gasteiger partial charge in [-0.3, -0.25) is 0 Å². The van der Waals surface area contributed by atoms with Gasteiger partial charge < -0.3 is 10.2 Å². The molecular formula is C7H10O2S. The Labute approximate surface area is 63.8 Å². The highest BCUT2D eigenvalue weighted by molar-refractivity contribution is 7.12. The Kier molecular flexibility index (Phi) is 2.43. The summed E-state index contributed by atoms with van der Waals surface area (Å²) in [6.07, 6.45) is 0. The first-order valence-electron chi connectivity index (χ1n) is 3.08. The summed E-state index contributed by atoms with van der Waals surface area (Å²) in [6.45, 7) is 2.09. The highest BCUT2D eigenvalue weighted by Crippen LogP contribution is 2.20. The van der Waals surface area contributed by atoms with E-state index in [2.05, 4.69) is 0 Å². The maximum Gasteiger partial charge on any atom is 0.0774 e. The van der Waals surface area contributed by atoms with Crippen LogP contribution in [0.1, 0.15) is 15.3 Å². The van der Waals surface area contributed by atoms with Crippen molar-refractivity contribution in [2.24, 2.45) is 0 Å². The lowest BCUT2D eigenvalue weighted by Gasteiger charge is -1.87. The fourth-order valence-corrected chi connectivity index (χ4v) is 1.74. The summed E-state index contributed by atoms with van der Waals surface area (Å²) in [4.78, 5) is 2.01. The van der Waals surface area contributed by atoms with E-state index in [1.54, 1.807) is 0 Å². The van der Waals surface area contributed by atoms with Crippen LogP contribution in [0.4, 0.5) is 0 Å². The van der Waals surface area contributed by atoms with Crippen molar-refractivity contribution >= 4 is 11.3 Å². The van der Waals surface area contributed by atoms with Crippen LogP contribution in [0.15, 0.2) is 6.07 Å². The number of aryl methyl sites for hydroxylation is 1. The molecule has 0 saturated carbocycles. The molecule has 0 aliphatic heterocycles. The van der Waals surface area contributed by atoms with Crippen molar-refractivity contribution in [3.8, 4) is 0 Å². The van der Waals surface area contributed by atoms with Gasteiger partial charge >= 0.3 is 0 Å². The lowest BCUT2D eigenvalue weighted by molar-refractivity contribution is 0.278. The molecule has 2 nitrogen and oxygen atoms in total. The van der Waals surface area contributed by atoms with Gasteiger partial charge in [0, 0.05) is 9.75 Å². The largest absolute Gasteiger partial charge is 0.392 e. The number of hydrogen-bond donors (Lipinski definition) is 2. The maximum atomic E-state index is 8.75. The van der Waals surface area contributed by atoms with Crippen LogP contribution in [0.3, 0.4) is 0 Å². The smallest absolute Gasteiger partial charge is 0.0774 e. The van der Waals surface area contributed by atoms with Crippen LogP contribution in [0.25, 0.3) is 0 Å². The monoisotopic (exact) mass is 158 g/mol. The summed E-state index contributed by atoms with van der Waals surface area (Å²) >= 11 is 1.53. The van der Waals surface area contributed by atoms with E-state index in [0.717, 1.165) is 15.3 Å². The minimum Gasteiger partial charge on any atom is -0.392 e. The van der Waals surface area contributed by atoms with E-state index in [1.165, 1.54) is 11.3 Å². The maximum absolute atomic E-state index is 8.75. The zero-order chi connectivity index (χ0) is 7.56. The fourth-order valence-electron chi connectivity index (χ4n) is 0.823. The molecule has 0 aliphatic carbocycles. The lowest BCUT2D eigenvalue weighted by atomic mass is 10.3. The normalized spacial score (nSPS) is 10.3. The van der Waals surface area contributed by atoms with Crippen LogP contribution in [-0.2, 0) is 13.2 Å². The van der Waals surface area contributed by atoms with Crippen molar-refractivity contribution in [3.05, 3.63) is 21.4 Å². The van der Waals surface area contributed by atoms with Crippen molar-refractivity contribution in [2.45, 2.75) is 20.1 Å². The van der Waals surface area contributed by atoms with E-state index in [-0.39, 0.29) is 13.2 Å². The topological polar surface area (TPSA) is 40.5 Å². The number of thiophene rings is 1. The van der Waals surface area contributed by atoms with Gasteiger partial charge in [0.2, 0.25) is 0 Å². The third-order valence-electron chi connectivity index (χ3n) is 1.40. The van der Waals surface area contributed by atoms with Gasteiger partial charge in [0.25, 0.3) is 0 Å². The second kappa shape index (κ2) is 3.14. The second-order valence-electron chi connectivity index (χ2n) is 2.11. The van der Waals surface area contributed by atoms with Crippen LogP contribution < -0.4 is 0 Å². The Morgan fingerprint density at radius 2 is 2.10 bits per heavy atom. The third kappa shape index (κ3) is 1.37. The summed E-state index contributed by atoms with van der Waals surface area (Å²) < 4.78 is 0. The number of hydrogen-bond acceptors (Lipinski definition) is 3. The summed E-state index contributed by atoms with van der Waals surface area (Å²) in [6, 6.07) is 1.83. The predicted octanol–water partition coefficient (Wildman–Crippen LogP) is 1.04. The Balaban J connectivity index is 2.92. The highest BCUT2D eigenvalue weighted by Gasteiger charge is 2.01. The molecule has 0 radical (unpaired) electrons. The molecule has 0 spiro atoms. The van der Waals surface area contributed by atoms with E-state index < -0.39 is 0 Å². The number of rotatable bonds is 2. The first-order chi connectivity index (χ1) is 4.77. The lowest BCUT2D eigenvalue weighted by Crippen LogP contribution is -1.79. The molecule has 0 amide bonds. The molecule has 2 N–H and O–H groups in total. The third-order valence-corrected chi connectivity index (χ3v) is 2.48. The van der Waals surface area contributed by atoms with E-state index in [0.29, 0.717) is 0 Å². The first-order valence-corrected chi connectivity index (χ1v) is 3.89. The van der Waals surface area contributed by atoms with Gasteiger partial charge in [-0.15, -0.1) is 11.3 Å². The summed E-state index contributed by atoms with van der Waals surface area (Å²) in [5, 5.41) is 17.5. The first kappa shape index (κ1) is 7.72. The van der Waals surface area contributed by atoms with Crippen LogP contribution >= 0.6 is 11.3 Å². The molecule has 0 saturated heterocycles. The molecule has 1 aromatic heterocycles. The average Bonchev–Trinajstić information content (AvgIpc) is 2.30. The fraction of sp³-hybridized carbons (Fsp3) is 0.429. The predicted molar refractivity (Wildman–Crippen MR) is 40.9 cm³/mol. The van der Waals surface area contributed by atoms with Crippen molar-refractivity contribution in [3.63, 3.8) is 0 Å². The molecule has 0 aromatic carbocycles. The molecule has 0 atom stereocenters. The van der Waals surface area contributed by atoms with Gasteiger partial charge in [0.1, 0.15) is 0 Å². The summed E-state index contributed by atoms with van der Waals surface area (Å²) in [5.41, 5.74) is 0.925. The molecular weight excluding hydrogens is 148 g/mol. The van der Waals surface area contributed by atoms with E-state index in [1.807, 2.05) is 13.0 Å². The Morgan fingerprint density at radius 3 is 2.40 bits per heavy atom. The molecule has 1 heterocycles. The molecule has 0 aliphatic rings. The highest BCUT2D eigenvalue weighted by atomic mass is 32.1. The molecule has 3 heteroatoms. The van der Waals surface area contributed by atoms with Crippen molar-refractivity contribution in [1.29, 1.82) is 0 Å². The van der Waals surface area contributed by atoms with Crippen LogP contribution in [0.5, 0.6) is 0 Å². The van der Waals surface area contributed by atoms with Gasteiger partial charge in [0.15, 0.2) is 0 Å². The summed E-state index contributed by atoms with van der Waals surface area (Å²) in [7, 11) is 0. The number of aliphatic hydroxyl groups excluding tert-OH is 2. The summed E-state index contributed by atoms with van der Waals surface area (Å²) in [5.74, 6) is 0. The van der Waals surface area contributed by atoms with E-state index in [4.69, 9.17) is 10.2 Å². The van der Waals surface area contributed by atoms with Crippen molar-refractivity contribution < 1.29 is 10.2 Å². The second-order valence-corrected chi connectivity index (χ2v) is 3.45. The van der Waals surface area contributed by atoms with Crippen LogP contribution in [-0.4, -0.2) is 10.2 Å². The molecule has 56 valence electrons. The molecule has 10 heavy (non-hydrogen) atoms. The Morgan fingerprint density at radius 1 is 1.40 bits per heavy atom. The van der Waals surface area contributed by atoms with Gasteiger partial charge in [-0.05, 0) is 18.6 Å². The quantitative estimate of drug-likeness (QED) is 0.675.